The summed E-state index contributed by atoms with van der Waals surface area (Å²) in [4.78, 5) is 26.1. The lowest BCUT2D eigenvalue weighted by Gasteiger charge is -2.31. The Balaban J connectivity index is 1.33. The van der Waals surface area contributed by atoms with E-state index >= 15 is 0 Å². The van der Waals surface area contributed by atoms with E-state index < -0.39 is 0 Å². The van der Waals surface area contributed by atoms with Crippen LogP contribution >= 0.6 is 23.2 Å². The van der Waals surface area contributed by atoms with Crippen molar-refractivity contribution in [3.05, 3.63) is 45.7 Å². The van der Waals surface area contributed by atoms with E-state index in [9.17, 15) is 9.59 Å². The molecule has 7 nitrogen and oxygen atoms in total. The quantitative estimate of drug-likeness (QED) is 0.657. The van der Waals surface area contributed by atoms with Crippen LogP contribution in [0.3, 0.4) is 0 Å². The lowest BCUT2D eigenvalue weighted by molar-refractivity contribution is -0.119. The van der Waals surface area contributed by atoms with Crippen LogP contribution in [0.1, 0.15) is 43.4 Å². The number of nitrogens with zero attached hydrogens (tertiary/aromatic N) is 3. The first-order valence-electron chi connectivity index (χ1n) is 9.72. The first-order valence-corrected chi connectivity index (χ1v) is 10.5. The molecule has 1 amide bonds. The summed E-state index contributed by atoms with van der Waals surface area (Å²) in [6, 6.07) is 5.09. The van der Waals surface area contributed by atoms with Crippen LogP contribution in [0.25, 0.3) is 0 Å². The Labute approximate surface area is 179 Å². The fourth-order valence-corrected chi connectivity index (χ4v) is 4.01. The third-order valence-electron chi connectivity index (χ3n) is 5.11. The number of benzene rings is 1. The fourth-order valence-electron chi connectivity index (χ4n) is 3.44. The maximum atomic E-state index is 12.3. The summed E-state index contributed by atoms with van der Waals surface area (Å²) in [6.07, 6.45) is 5.63. The Kier molecular flexibility index (Phi) is 7.89. The number of likely N-dealkylation sites (tertiary alicyclic amines) is 1. The summed E-state index contributed by atoms with van der Waals surface area (Å²) in [7, 11) is 0. The van der Waals surface area contributed by atoms with Gasteiger partial charge in [-0.25, -0.2) is 4.79 Å². The zero-order valence-electron chi connectivity index (χ0n) is 16.1. The number of aromatic amines is 1. The topological polar surface area (TPSA) is 88.2 Å². The molecule has 1 N–H and O–H groups in total. The minimum absolute atomic E-state index is 0.138. The fraction of sp³-hybridized carbons (Fsp3) is 0.500. The predicted molar refractivity (Wildman–Crippen MR) is 110 cm³/mol. The highest BCUT2D eigenvalue weighted by atomic mass is 35.5. The average Bonchev–Trinajstić information content (AvgIpc) is 3.22. The largest absolute Gasteiger partial charge is 0.445 e. The van der Waals surface area contributed by atoms with Gasteiger partial charge in [-0.15, -0.1) is 0 Å². The number of ketones is 1. The summed E-state index contributed by atoms with van der Waals surface area (Å²) in [5, 5.41) is 11.3. The lowest BCUT2D eigenvalue weighted by atomic mass is 9.91. The lowest BCUT2D eigenvalue weighted by Crippen LogP contribution is -2.38. The first-order chi connectivity index (χ1) is 14.0. The van der Waals surface area contributed by atoms with Crippen LogP contribution in [-0.4, -0.2) is 45.3 Å². The molecule has 29 heavy (non-hydrogen) atoms. The molecule has 1 aromatic carbocycles. The third-order valence-corrected chi connectivity index (χ3v) is 5.55. The number of rotatable bonds is 8. The van der Waals surface area contributed by atoms with E-state index in [0.717, 1.165) is 30.5 Å². The van der Waals surface area contributed by atoms with Crippen molar-refractivity contribution in [2.75, 3.05) is 13.1 Å². The second-order valence-electron chi connectivity index (χ2n) is 7.30. The van der Waals surface area contributed by atoms with E-state index in [2.05, 4.69) is 15.4 Å². The molecule has 156 valence electrons. The van der Waals surface area contributed by atoms with Gasteiger partial charge in [-0.2, -0.15) is 15.4 Å². The van der Waals surface area contributed by atoms with Gasteiger partial charge < -0.3 is 9.64 Å². The molecule has 1 aromatic heterocycles. The maximum Gasteiger partial charge on any atom is 0.410 e. The summed E-state index contributed by atoms with van der Waals surface area (Å²) >= 11 is 11.9. The van der Waals surface area contributed by atoms with Gasteiger partial charge in [0, 0.05) is 36.0 Å². The molecule has 1 fully saturated rings. The number of carbonyl (C=O) groups excluding carboxylic acids is 2. The van der Waals surface area contributed by atoms with E-state index in [0.29, 0.717) is 48.3 Å². The Morgan fingerprint density at radius 2 is 1.86 bits per heavy atom. The number of ether oxygens (including phenoxy) is 1. The van der Waals surface area contributed by atoms with Crippen LogP contribution in [0, 0.1) is 5.92 Å². The smallest absolute Gasteiger partial charge is 0.410 e. The summed E-state index contributed by atoms with van der Waals surface area (Å²) in [5.74, 6) is 0.705. The van der Waals surface area contributed by atoms with Crippen LogP contribution < -0.4 is 0 Å². The maximum absolute atomic E-state index is 12.3. The Morgan fingerprint density at radius 1 is 1.14 bits per heavy atom. The number of halogens is 2. The van der Waals surface area contributed by atoms with Crippen molar-refractivity contribution in [2.24, 2.45) is 5.92 Å². The Hall–Kier alpha value is -2.12. The van der Waals surface area contributed by atoms with E-state index in [1.54, 1.807) is 29.3 Å². The highest BCUT2D eigenvalue weighted by Gasteiger charge is 2.24. The zero-order valence-corrected chi connectivity index (χ0v) is 17.6. The molecule has 0 atom stereocenters. The second-order valence-corrected chi connectivity index (χ2v) is 8.17. The molecule has 2 heterocycles. The molecule has 9 heteroatoms. The van der Waals surface area contributed by atoms with Crippen LogP contribution in [0.2, 0.25) is 10.0 Å². The second kappa shape index (κ2) is 10.6. The minimum atomic E-state index is -0.330. The van der Waals surface area contributed by atoms with Gasteiger partial charge >= 0.3 is 6.09 Å². The van der Waals surface area contributed by atoms with Crippen LogP contribution in [0.4, 0.5) is 4.79 Å². The number of hydrogen-bond donors (Lipinski definition) is 1. The van der Waals surface area contributed by atoms with Gasteiger partial charge in [0.1, 0.15) is 12.4 Å². The number of aryl methyl sites for hydroxylation is 1. The monoisotopic (exact) mass is 438 g/mol. The van der Waals surface area contributed by atoms with Crippen molar-refractivity contribution < 1.29 is 14.3 Å². The summed E-state index contributed by atoms with van der Waals surface area (Å²) in [6.45, 7) is 1.43. The molecule has 0 bridgehead atoms. The number of hydrogen-bond acceptors (Lipinski definition) is 5. The van der Waals surface area contributed by atoms with Gasteiger partial charge in [0.25, 0.3) is 0 Å². The number of aromatic nitrogens is 3. The standard InChI is InChI=1S/C20H24Cl2N4O3/c21-16-9-15(10-17(22)11-16)13-29-20(28)26-7-5-14(6-8-26)1-3-19(27)4-2-18-12-23-25-24-18/h9-12,14H,1-8,13H2,(H,23,24,25). The van der Waals surface area contributed by atoms with E-state index in [-0.39, 0.29) is 18.5 Å². The van der Waals surface area contributed by atoms with Crippen molar-refractivity contribution >= 4 is 35.1 Å². The normalized spacial score (nSPS) is 14.8. The zero-order chi connectivity index (χ0) is 20.6. The van der Waals surface area contributed by atoms with Crippen molar-refractivity contribution in [2.45, 2.75) is 45.1 Å². The number of Topliss-reactive ketones (excluding diaryl/α,β-unsaturated/α-hetero) is 1. The molecule has 3 rings (SSSR count). The number of H-pyrrole nitrogens is 1. The average molecular weight is 439 g/mol. The van der Waals surface area contributed by atoms with Crippen molar-refractivity contribution in [1.29, 1.82) is 0 Å². The summed E-state index contributed by atoms with van der Waals surface area (Å²) in [5.41, 5.74) is 1.57. The Morgan fingerprint density at radius 3 is 2.52 bits per heavy atom. The van der Waals surface area contributed by atoms with Gasteiger partial charge in [0.2, 0.25) is 0 Å². The molecule has 1 saturated heterocycles. The van der Waals surface area contributed by atoms with Gasteiger partial charge in [0.15, 0.2) is 0 Å². The minimum Gasteiger partial charge on any atom is -0.445 e. The molecule has 0 unspecified atom stereocenters. The Bertz CT molecular complexity index is 801. The molecular weight excluding hydrogens is 415 g/mol. The highest BCUT2D eigenvalue weighted by Crippen LogP contribution is 2.24. The number of nitrogens with one attached hydrogen (secondary N) is 1. The van der Waals surface area contributed by atoms with Crippen molar-refractivity contribution in [3.63, 3.8) is 0 Å². The first kappa shape index (κ1) is 21.6. The van der Waals surface area contributed by atoms with E-state index in [4.69, 9.17) is 27.9 Å². The van der Waals surface area contributed by atoms with Crippen LogP contribution in [0.5, 0.6) is 0 Å². The predicted octanol–water partition coefficient (Wildman–Crippen LogP) is 4.44. The molecule has 1 aliphatic rings. The molecule has 0 radical (unpaired) electrons. The molecular formula is C20H24Cl2N4O3. The third kappa shape index (κ3) is 7.01. The summed E-state index contributed by atoms with van der Waals surface area (Å²) < 4.78 is 5.38. The number of piperidine rings is 1. The molecule has 2 aromatic rings. The van der Waals surface area contributed by atoms with Gasteiger partial charge in [-0.3, -0.25) is 4.79 Å². The van der Waals surface area contributed by atoms with E-state index in [1.165, 1.54) is 0 Å². The molecule has 0 saturated carbocycles. The number of amides is 1. The molecule has 0 spiro atoms. The van der Waals surface area contributed by atoms with Crippen molar-refractivity contribution in [3.8, 4) is 0 Å². The van der Waals surface area contributed by atoms with E-state index in [1.807, 2.05) is 0 Å². The van der Waals surface area contributed by atoms with Crippen LogP contribution in [-0.2, 0) is 22.6 Å². The van der Waals surface area contributed by atoms with Crippen LogP contribution in [0.15, 0.2) is 24.4 Å². The van der Waals surface area contributed by atoms with Gasteiger partial charge in [0.05, 0.1) is 11.9 Å². The molecule has 1 aliphatic heterocycles. The SMILES string of the molecule is O=C(CCc1cn[nH]n1)CCC1CCN(C(=O)OCc2cc(Cl)cc(Cl)c2)CC1. The molecule has 0 aliphatic carbocycles. The number of carbonyl (C=O) groups is 2. The van der Waals surface area contributed by atoms with Gasteiger partial charge in [-0.05, 0) is 55.4 Å². The van der Waals surface area contributed by atoms with Gasteiger partial charge in [-0.1, -0.05) is 23.2 Å². The van der Waals surface area contributed by atoms with Crippen molar-refractivity contribution in [1.82, 2.24) is 20.3 Å². The highest BCUT2D eigenvalue weighted by molar-refractivity contribution is 6.34.